The first kappa shape index (κ1) is 16.7. The largest absolute Gasteiger partial charge is 0.423 e. The van der Waals surface area contributed by atoms with Crippen LogP contribution in [0, 0.1) is 6.92 Å². The minimum atomic E-state index is -0.323. The Labute approximate surface area is 162 Å². The number of carbonyl (C=O) groups excluding carboxylic acids is 1. The second-order valence-corrected chi connectivity index (χ2v) is 7.20. The van der Waals surface area contributed by atoms with Gasteiger partial charge in [-0.3, -0.25) is 10.1 Å². The Kier molecular flexibility index (Phi) is 3.97. The molecule has 0 spiro atoms. The quantitative estimate of drug-likeness (QED) is 0.703. The number of allylic oxidation sites excluding steroid dienone is 1. The molecule has 3 aromatic rings. The average Bonchev–Trinajstić information content (AvgIpc) is 3.10. The van der Waals surface area contributed by atoms with Gasteiger partial charge < -0.3 is 9.73 Å². The summed E-state index contributed by atoms with van der Waals surface area (Å²) in [6, 6.07) is 15.8. The van der Waals surface area contributed by atoms with Crippen LogP contribution in [0.4, 0.5) is 6.01 Å². The third-order valence-corrected chi connectivity index (χ3v) is 5.17. The summed E-state index contributed by atoms with van der Waals surface area (Å²) >= 11 is 0. The Morgan fingerprint density at radius 3 is 2.75 bits per heavy atom. The van der Waals surface area contributed by atoms with Crippen LogP contribution in [-0.2, 0) is 4.79 Å². The molecule has 0 radical (unpaired) electrons. The van der Waals surface area contributed by atoms with E-state index in [1.165, 1.54) is 5.56 Å². The predicted molar refractivity (Wildman–Crippen MR) is 108 cm³/mol. The molecule has 2 N–H and O–H groups in total. The molecule has 1 aromatic heterocycles. The van der Waals surface area contributed by atoms with Crippen LogP contribution in [0.15, 0.2) is 69.2 Å². The van der Waals surface area contributed by atoms with E-state index in [1.807, 2.05) is 55.5 Å². The summed E-state index contributed by atoms with van der Waals surface area (Å²) in [4.78, 5) is 21.9. The summed E-state index contributed by atoms with van der Waals surface area (Å²) in [6.45, 7) is 2.05. The lowest BCUT2D eigenvalue weighted by molar-refractivity contribution is -0.116. The Morgan fingerprint density at radius 1 is 1.11 bits per heavy atom. The molecular formula is C22H20N4O2. The van der Waals surface area contributed by atoms with Gasteiger partial charge in [0.1, 0.15) is 11.6 Å². The monoisotopic (exact) mass is 372 g/mol. The minimum absolute atomic E-state index is 0.170. The normalized spacial score (nSPS) is 19.2. The summed E-state index contributed by atoms with van der Waals surface area (Å²) < 4.78 is 5.76. The number of aliphatic imine (C=N–C) groups is 1. The van der Waals surface area contributed by atoms with E-state index in [1.54, 1.807) is 0 Å². The van der Waals surface area contributed by atoms with Crippen LogP contribution in [0.2, 0.25) is 0 Å². The molecule has 0 saturated carbocycles. The van der Waals surface area contributed by atoms with E-state index in [-0.39, 0.29) is 11.8 Å². The molecular weight excluding hydrogens is 352 g/mol. The van der Waals surface area contributed by atoms with Crippen LogP contribution in [-0.4, -0.2) is 16.7 Å². The van der Waals surface area contributed by atoms with Gasteiger partial charge in [-0.2, -0.15) is 4.98 Å². The van der Waals surface area contributed by atoms with E-state index < -0.39 is 0 Å². The Morgan fingerprint density at radius 2 is 1.93 bits per heavy atom. The van der Waals surface area contributed by atoms with Gasteiger partial charge in [-0.15, -0.1) is 0 Å². The zero-order chi connectivity index (χ0) is 19.1. The maximum absolute atomic E-state index is 12.6. The number of aromatic nitrogens is 1. The summed E-state index contributed by atoms with van der Waals surface area (Å²) in [6.07, 6.45) is 2.26. The van der Waals surface area contributed by atoms with Crippen molar-refractivity contribution in [1.82, 2.24) is 10.3 Å². The lowest BCUT2D eigenvalue weighted by atomic mass is 9.86. The number of fused-ring (bicyclic) bond motifs is 1. The molecule has 1 unspecified atom stereocenters. The second kappa shape index (κ2) is 6.64. The number of oxazole rings is 1. The van der Waals surface area contributed by atoms with Crippen LogP contribution in [0.3, 0.4) is 0 Å². The SMILES string of the molecule is Cc1ccc(C2N=C(Nc3nc4ccccc4o3)NC3=C2C(=O)CCC3)cc1. The van der Waals surface area contributed by atoms with Crippen molar-refractivity contribution in [3.8, 4) is 0 Å². The van der Waals surface area contributed by atoms with Crippen LogP contribution < -0.4 is 10.6 Å². The lowest BCUT2D eigenvalue weighted by Crippen LogP contribution is -2.38. The smallest absolute Gasteiger partial charge is 0.302 e. The van der Waals surface area contributed by atoms with Crippen molar-refractivity contribution in [3.63, 3.8) is 0 Å². The van der Waals surface area contributed by atoms with Crippen LogP contribution in [0.1, 0.15) is 36.4 Å². The zero-order valence-corrected chi connectivity index (χ0v) is 15.5. The predicted octanol–water partition coefficient (Wildman–Crippen LogP) is 4.26. The van der Waals surface area contributed by atoms with Gasteiger partial charge in [0.15, 0.2) is 11.4 Å². The molecule has 6 heteroatoms. The number of rotatable bonds is 2. The molecule has 1 aliphatic heterocycles. The number of benzene rings is 2. The molecule has 140 valence electrons. The van der Waals surface area contributed by atoms with Crippen molar-refractivity contribution in [2.45, 2.75) is 32.2 Å². The fourth-order valence-corrected chi connectivity index (χ4v) is 3.76. The van der Waals surface area contributed by atoms with Gasteiger partial charge in [-0.25, -0.2) is 4.99 Å². The lowest BCUT2D eigenvalue weighted by Gasteiger charge is -2.30. The number of para-hydroxylation sites is 2. The number of nitrogens with one attached hydrogen (secondary N) is 2. The molecule has 0 bridgehead atoms. The average molecular weight is 372 g/mol. The number of nitrogens with zero attached hydrogens (tertiary/aromatic N) is 2. The number of anilines is 1. The highest BCUT2D eigenvalue weighted by Crippen LogP contribution is 2.36. The van der Waals surface area contributed by atoms with E-state index in [9.17, 15) is 4.79 Å². The van der Waals surface area contributed by atoms with Crippen LogP contribution >= 0.6 is 0 Å². The third kappa shape index (κ3) is 2.97. The Balaban J connectivity index is 1.52. The first-order chi connectivity index (χ1) is 13.7. The molecule has 1 atom stereocenters. The van der Waals surface area contributed by atoms with Crippen molar-refractivity contribution in [3.05, 3.63) is 70.9 Å². The molecule has 0 saturated heterocycles. The van der Waals surface area contributed by atoms with E-state index in [0.29, 0.717) is 24.0 Å². The molecule has 2 heterocycles. The van der Waals surface area contributed by atoms with Gasteiger partial charge in [0.25, 0.3) is 0 Å². The molecule has 5 rings (SSSR count). The van der Waals surface area contributed by atoms with Crippen molar-refractivity contribution in [2.75, 3.05) is 5.32 Å². The van der Waals surface area contributed by atoms with E-state index in [4.69, 9.17) is 9.41 Å². The third-order valence-electron chi connectivity index (χ3n) is 5.17. The molecule has 0 fully saturated rings. The van der Waals surface area contributed by atoms with E-state index in [0.717, 1.165) is 35.2 Å². The topological polar surface area (TPSA) is 79.5 Å². The maximum atomic E-state index is 12.6. The Hall–Kier alpha value is -3.41. The summed E-state index contributed by atoms with van der Waals surface area (Å²) in [5.41, 5.74) is 5.39. The standard InChI is InChI=1S/C22H20N4O2/c1-13-9-11-14(12-10-13)20-19-16(6-4-7-17(19)27)23-21(25-20)26-22-24-15-5-2-3-8-18(15)28-22/h2-3,5,8-12,20H,4,6-7H2,1H3,(H2,23,24,25,26). The number of guanidine groups is 1. The minimum Gasteiger partial charge on any atom is -0.423 e. The van der Waals surface area contributed by atoms with Crippen molar-refractivity contribution < 1.29 is 9.21 Å². The molecule has 2 aliphatic rings. The number of carbonyl (C=O) groups is 1. The van der Waals surface area contributed by atoms with Gasteiger partial charge in [0.2, 0.25) is 5.96 Å². The van der Waals surface area contributed by atoms with Crippen LogP contribution in [0.25, 0.3) is 11.1 Å². The van der Waals surface area contributed by atoms with Gasteiger partial charge in [-0.1, -0.05) is 42.0 Å². The number of aryl methyl sites for hydroxylation is 1. The molecule has 28 heavy (non-hydrogen) atoms. The summed E-state index contributed by atoms with van der Waals surface area (Å²) in [5, 5.41) is 6.43. The summed E-state index contributed by atoms with van der Waals surface area (Å²) in [5.74, 6) is 0.717. The Bertz CT molecular complexity index is 1090. The molecule has 0 amide bonds. The zero-order valence-electron chi connectivity index (χ0n) is 15.5. The fourth-order valence-electron chi connectivity index (χ4n) is 3.76. The highest BCUT2D eigenvalue weighted by Gasteiger charge is 2.33. The van der Waals surface area contributed by atoms with E-state index >= 15 is 0 Å². The van der Waals surface area contributed by atoms with Gasteiger partial charge in [0, 0.05) is 17.7 Å². The first-order valence-electron chi connectivity index (χ1n) is 9.47. The highest BCUT2D eigenvalue weighted by molar-refractivity contribution is 6.03. The fraction of sp³-hybridized carbons (Fsp3) is 0.227. The number of ketones is 1. The highest BCUT2D eigenvalue weighted by atomic mass is 16.4. The first-order valence-corrected chi connectivity index (χ1v) is 9.47. The second-order valence-electron chi connectivity index (χ2n) is 7.20. The summed E-state index contributed by atoms with van der Waals surface area (Å²) in [7, 11) is 0. The number of hydrogen-bond acceptors (Lipinski definition) is 6. The molecule has 2 aromatic carbocycles. The molecule has 6 nitrogen and oxygen atoms in total. The van der Waals surface area contributed by atoms with Gasteiger partial charge >= 0.3 is 6.01 Å². The van der Waals surface area contributed by atoms with Gasteiger partial charge in [0.05, 0.1) is 0 Å². The number of hydrogen-bond donors (Lipinski definition) is 2. The number of Topliss-reactive ketones (excluding diaryl/α,β-unsaturated/α-hetero) is 1. The van der Waals surface area contributed by atoms with Crippen molar-refractivity contribution in [2.24, 2.45) is 4.99 Å². The van der Waals surface area contributed by atoms with Crippen molar-refractivity contribution in [1.29, 1.82) is 0 Å². The maximum Gasteiger partial charge on any atom is 0.302 e. The van der Waals surface area contributed by atoms with Crippen molar-refractivity contribution >= 4 is 28.9 Å². The van der Waals surface area contributed by atoms with Crippen LogP contribution in [0.5, 0.6) is 0 Å². The van der Waals surface area contributed by atoms with Gasteiger partial charge in [-0.05, 0) is 37.5 Å². The molecule has 1 aliphatic carbocycles. The van der Waals surface area contributed by atoms with E-state index in [2.05, 4.69) is 15.6 Å².